The van der Waals surface area contributed by atoms with Gasteiger partial charge in [-0.2, -0.15) is 0 Å². The minimum atomic E-state index is 0.145. The zero-order valence-corrected chi connectivity index (χ0v) is 14.8. The predicted octanol–water partition coefficient (Wildman–Crippen LogP) is 3.38. The maximum Gasteiger partial charge on any atom is 0.185 e. The van der Waals surface area contributed by atoms with E-state index in [-0.39, 0.29) is 5.54 Å². The first-order valence-corrected chi connectivity index (χ1v) is 8.76. The molecule has 1 N–H and O–H groups in total. The van der Waals surface area contributed by atoms with Crippen LogP contribution in [-0.4, -0.2) is 37.3 Å². The van der Waals surface area contributed by atoms with Gasteiger partial charge in [-0.15, -0.1) is 11.3 Å². The SMILES string of the molecule is CCOCCN(C)c1nc(C2CC2)c(CNC(C)(C)C)s1. The molecule has 0 aliphatic heterocycles. The second kappa shape index (κ2) is 7.07. The van der Waals surface area contributed by atoms with Gasteiger partial charge in [-0.25, -0.2) is 4.98 Å². The highest BCUT2D eigenvalue weighted by Gasteiger charge is 2.30. The standard InChI is InChI=1S/C16H29N3OS/c1-6-20-10-9-19(5)15-18-14(12-7-8-12)13(21-15)11-17-16(2,3)4/h12,17H,6-11H2,1-5H3. The van der Waals surface area contributed by atoms with Gasteiger partial charge in [0.2, 0.25) is 0 Å². The zero-order chi connectivity index (χ0) is 15.5. The molecule has 1 aliphatic rings. The van der Waals surface area contributed by atoms with Gasteiger partial charge < -0.3 is 15.0 Å². The lowest BCUT2D eigenvalue weighted by atomic mass is 10.1. The molecule has 120 valence electrons. The molecule has 1 aromatic heterocycles. The molecule has 0 radical (unpaired) electrons. The summed E-state index contributed by atoms with van der Waals surface area (Å²) in [4.78, 5) is 8.52. The highest BCUT2D eigenvalue weighted by atomic mass is 32.1. The fourth-order valence-corrected chi connectivity index (χ4v) is 3.18. The molecule has 21 heavy (non-hydrogen) atoms. The van der Waals surface area contributed by atoms with E-state index >= 15 is 0 Å². The van der Waals surface area contributed by atoms with Gasteiger partial charge >= 0.3 is 0 Å². The third-order valence-corrected chi connectivity index (χ3v) is 4.75. The summed E-state index contributed by atoms with van der Waals surface area (Å²) < 4.78 is 5.44. The van der Waals surface area contributed by atoms with E-state index in [2.05, 4.69) is 38.0 Å². The molecule has 1 saturated carbocycles. The molecule has 5 heteroatoms. The third-order valence-electron chi connectivity index (χ3n) is 3.56. The quantitative estimate of drug-likeness (QED) is 0.747. The first kappa shape index (κ1) is 16.7. The Balaban J connectivity index is 2.02. The number of likely N-dealkylation sites (N-methyl/N-ethyl adjacent to an activating group) is 1. The van der Waals surface area contributed by atoms with E-state index in [0.29, 0.717) is 5.92 Å². The average molecular weight is 311 g/mol. The molecule has 0 saturated heterocycles. The number of hydrogen-bond donors (Lipinski definition) is 1. The molecule has 2 rings (SSSR count). The number of anilines is 1. The molecule has 0 unspecified atom stereocenters. The van der Waals surface area contributed by atoms with Crippen LogP contribution >= 0.6 is 11.3 Å². The lowest BCUT2D eigenvalue weighted by Gasteiger charge is -2.20. The maximum absolute atomic E-state index is 5.44. The van der Waals surface area contributed by atoms with Crippen LogP contribution in [0.5, 0.6) is 0 Å². The van der Waals surface area contributed by atoms with Crippen LogP contribution in [0.2, 0.25) is 0 Å². The minimum absolute atomic E-state index is 0.145. The highest BCUT2D eigenvalue weighted by molar-refractivity contribution is 7.15. The fourth-order valence-electron chi connectivity index (χ4n) is 2.10. The van der Waals surface area contributed by atoms with Crippen molar-refractivity contribution in [3.63, 3.8) is 0 Å². The topological polar surface area (TPSA) is 37.4 Å². The van der Waals surface area contributed by atoms with Crippen molar-refractivity contribution < 1.29 is 4.74 Å². The Morgan fingerprint density at radius 2 is 2.10 bits per heavy atom. The maximum atomic E-state index is 5.44. The normalized spacial score (nSPS) is 15.5. The Kier molecular flexibility index (Phi) is 5.63. The number of nitrogens with one attached hydrogen (secondary N) is 1. The van der Waals surface area contributed by atoms with Crippen LogP contribution in [0.15, 0.2) is 0 Å². The third kappa shape index (κ3) is 5.24. The molecule has 1 aromatic rings. The van der Waals surface area contributed by atoms with Gasteiger partial charge in [0.25, 0.3) is 0 Å². The van der Waals surface area contributed by atoms with E-state index in [1.165, 1.54) is 23.4 Å². The summed E-state index contributed by atoms with van der Waals surface area (Å²) in [7, 11) is 2.11. The number of rotatable bonds is 8. The van der Waals surface area contributed by atoms with E-state index in [0.717, 1.165) is 31.4 Å². The lowest BCUT2D eigenvalue weighted by Crippen LogP contribution is -2.35. The summed E-state index contributed by atoms with van der Waals surface area (Å²) in [6, 6.07) is 0. The zero-order valence-electron chi connectivity index (χ0n) is 14.0. The summed E-state index contributed by atoms with van der Waals surface area (Å²) in [6.45, 7) is 12.0. The number of aromatic nitrogens is 1. The molecule has 4 nitrogen and oxygen atoms in total. The van der Waals surface area contributed by atoms with E-state index in [9.17, 15) is 0 Å². The van der Waals surface area contributed by atoms with Crippen molar-refractivity contribution in [1.29, 1.82) is 0 Å². The first-order valence-electron chi connectivity index (χ1n) is 7.94. The van der Waals surface area contributed by atoms with Crippen molar-refractivity contribution >= 4 is 16.5 Å². The van der Waals surface area contributed by atoms with Gasteiger partial charge in [-0.3, -0.25) is 0 Å². The van der Waals surface area contributed by atoms with Crippen LogP contribution < -0.4 is 10.2 Å². The molecular formula is C16H29N3OS. The molecular weight excluding hydrogens is 282 g/mol. The van der Waals surface area contributed by atoms with Gasteiger partial charge in [0.05, 0.1) is 12.3 Å². The number of nitrogens with zero attached hydrogens (tertiary/aromatic N) is 2. The molecule has 1 heterocycles. The Morgan fingerprint density at radius 3 is 2.67 bits per heavy atom. The number of ether oxygens (including phenoxy) is 1. The molecule has 0 amide bonds. The molecule has 1 fully saturated rings. The van der Waals surface area contributed by atoms with Crippen LogP contribution in [-0.2, 0) is 11.3 Å². The predicted molar refractivity (Wildman–Crippen MR) is 90.4 cm³/mol. The van der Waals surface area contributed by atoms with Crippen LogP contribution in [0.1, 0.15) is 57.0 Å². The van der Waals surface area contributed by atoms with Gasteiger partial charge in [-0.1, -0.05) is 0 Å². The highest BCUT2D eigenvalue weighted by Crippen LogP contribution is 2.44. The molecule has 0 spiro atoms. The summed E-state index contributed by atoms with van der Waals surface area (Å²) in [5.41, 5.74) is 1.47. The summed E-state index contributed by atoms with van der Waals surface area (Å²) in [5.74, 6) is 0.701. The average Bonchev–Trinajstić information content (AvgIpc) is 3.15. The largest absolute Gasteiger partial charge is 0.380 e. The smallest absolute Gasteiger partial charge is 0.185 e. The van der Waals surface area contributed by atoms with Crippen molar-refractivity contribution in [2.24, 2.45) is 0 Å². The van der Waals surface area contributed by atoms with Crippen LogP contribution in [0.3, 0.4) is 0 Å². The Labute approximate surface area is 132 Å². The van der Waals surface area contributed by atoms with Gasteiger partial charge in [-0.05, 0) is 40.5 Å². The van der Waals surface area contributed by atoms with E-state index < -0.39 is 0 Å². The van der Waals surface area contributed by atoms with Gasteiger partial charge in [0.1, 0.15) is 0 Å². The van der Waals surface area contributed by atoms with E-state index in [1.807, 2.05) is 18.3 Å². The number of thiazole rings is 1. The first-order chi connectivity index (χ1) is 9.90. The monoisotopic (exact) mass is 311 g/mol. The Morgan fingerprint density at radius 1 is 1.38 bits per heavy atom. The van der Waals surface area contributed by atoms with Crippen molar-refractivity contribution in [1.82, 2.24) is 10.3 Å². The molecule has 0 atom stereocenters. The molecule has 1 aliphatic carbocycles. The second-order valence-corrected chi connectivity index (χ2v) is 7.86. The molecule has 0 aromatic carbocycles. The Bertz CT molecular complexity index is 449. The molecule has 0 bridgehead atoms. The van der Waals surface area contributed by atoms with Crippen LogP contribution in [0, 0.1) is 0 Å². The fraction of sp³-hybridized carbons (Fsp3) is 0.812. The Hall–Kier alpha value is -0.650. The van der Waals surface area contributed by atoms with Crippen molar-refractivity contribution in [3.8, 4) is 0 Å². The second-order valence-electron chi connectivity index (χ2n) is 6.80. The van der Waals surface area contributed by atoms with Crippen LogP contribution in [0.25, 0.3) is 0 Å². The number of hydrogen-bond acceptors (Lipinski definition) is 5. The summed E-state index contributed by atoms with van der Waals surface area (Å²) >= 11 is 1.83. The van der Waals surface area contributed by atoms with Crippen molar-refractivity contribution in [3.05, 3.63) is 10.6 Å². The summed E-state index contributed by atoms with van der Waals surface area (Å²) in [6.07, 6.45) is 2.60. The van der Waals surface area contributed by atoms with E-state index in [4.69, 9.17) is 9.72 Å². The van der Waals surface area contributed by atoms with E-state index in [1.54, 1.807) is 0 Å². The van der Waals surface area contributed by atoms with Crippen molar-refractivity contribution in [2.45, 2.75) is 58.5 Å². The van der Waals surface area contributed by atoms with Crippen LogP contribution in [0.4, 0.5) is 5.13 Å². The van der Waals surface area contributed by atoms with Crippen molar-refractivity contribution in [2.75, 3.05) is 31.7 Å². The minimum Gasteiger partial charge on any atom is -0.380 e. The lowest BCUT2D eigenvalue weighted by molar-refractivity contribution is 0.154. The van der Waals surface area contributed by atoms with Gasteiger partial charge in [0, 0.05) is 43.1 Å². The summed E-state index contributed by atoms with van der Waals surface area (Å²) in [5, 5.41) is 4.72. The van der Waals surface area contributed by atoms with Gasteiger partial charge in [0.15, 0.2) is 5.13 Å².